The maximum absolute atomic E-state index is 12.9. The summed E-state index contributed by atoms with van der Waals surface area (Å²) in [6.45, 7) is 2.78. The van der Waals surface area contributed by atoms with Crippen LogP contribution >= 0.6 is 15.9 Å². The lowest BCUT2D eigenvalue weighted by Gasteiger charge is -2.31. The van der Waals surface area contributed by atoms with E-state index in [0.29, 0.717) is 44.8 Å². The Morgan fingerprint density at radius 1 is 1.07 bits per heavy atom. The first kappa shape index (κ1) is 20.9. The third-order valence-electron chi connectivity index (χ3n) is 4.71. The smallest absolute Gasteiger partial charge is 0.243 e. The molecule has 2 N–H and O–H groups in total. The van der Waals surface area contributed by atoms with E-state index in [1.807, 2.05) is 0 Å². The van der Waals surface area contributed by atoms with Gasteiger partial charge in [0.15, 0.2) is 0 Å². The minimum atomic E-state index is -3.49. The number of hydrogen-bond acceptors (Lipinski definition) is 3. The quantitative estimate of drug-likeness (QED) is 0.671. The number of carbonyl (C=O) groups excluding carboxylic acids is 1. The highest BCUT2D eigenvalue weighted by atomic mass is 79.9. The molecule has 0 bridgehead atoms. The molecular formula is C19H22BrFN3O3S+. The number of amides is 1. The fraction of sp³-hybridized carbons (Fsp3) is 0.316. The zero-order valence-corrected chi connectivity index (χ0v) is 17.6. The Labute approximate surface area is 172 Å². The molecule has 6 nitrogen and oxygen atoms in total. The number of anilines is 1. The highest BCUT2D eigenvalue weighted by Gasteiger charge is 2.30. The molecule has 0 saturated carbocycles. The maximum atomic E-state index is 12.9. The van der Waals surface area contributed by atoms with E-state index in [1.165, 1.54) is 33.5 Å². The van der Waals surface area contributed by atoms with Crippen molar-refractivity contribution < 1.29 is 22.5 Å². The summed E-state index contributed by atoms with van der Waals surface area (Å²) in [5.41, 5.74) is 0.562. The number of carbonyl (C=O) groups is 1. The van der Waals surface area contributed by atoms with E-state index in [1.54, 1.807) is 24.3 Å². The van der Waals surface area contributed by atoms with Gasteiger partial charge in [-0.3, -0.25) is 4.79 Å². The normalized spacial score (nSPS) is 16.1. The number of quaternary nitrogens is 1. The highest BCUT2D eigenvalue weighted by Crippen LogP contribution is 2.18. The molecule has 0 aromatic heterocycles. The molecule has 1 heterocycles. The van der Waals surface area contributed by atoms with Crippen molar-refractivity contribution in [2.75, 3.05) is 38.0 Å². The van der Waals surface area contributed by atoms with Crippen molar-refractivity contribution in [3.05, 3.63) is 58.8 Å². The number of sulfonamides is 1. The first-order chi connectivity index (χ1) is 13.3. The van der Waals surface area contributed by atoms with Crippen LogP contribution in [0, 0.1) is 5.82 Å². The van der Waals surface area contributed by atoms with Gasteiger partial charge in [-0.15, -0.1) is 0 Å². The monoisotopic (exact) mass is 470 g/mol. The minimum absolute atomic E-state index is 0.135. The predicted octanol–water partition coefficient (Wildman–Crippen LogP) is 1.51. The van der Waals surface area contributed by atoms with Crippen molar-refractivity contribution in [2.45, 2.75) is 11.3 Å². The van der Waals surface area contributed by atoms with Gasteiger partial charge in [0.2, 0.25) is 15.9 Å². The molecule has 1 fully saturated rings. The fourth-order valence-electron chi connectivity index (χ4n) is 3.10. The number of rotatable bonds is 6. The molecule has 0 spiro atoms. The van der Waals surface area contributed by atoms with Crippen molar-refractivity contribution in [3.63, 3.8) is 0 Å². The molecule has 0 aliphatic carbocycles. The fourth-order valence-corrected chi connectivity index (χ4v) is 4.80. The van der Waals surface area contributed by atoms with Crippen LogP contribution < -0.4 is 10.2 Å². The number of piperazine rings is 1. The van der Waals surface area contributed by atoms with Gasteiger partial charge in [-0.1, -0.05) is 15.9 Å². The first-order valence-electron chi connectivity index (χ1n) is 8.99. The average Bonchev–Trinajstić information content (AvgIpc) is 2.69. The van der Waals surface area contributed by atoms with E-state index in [4.69, 9.17) is 0 Å². The molecule has 1 aliphatic heterocycles. The van der Waals surface area contributed by atoms with Crippen LogP contribution in [0.15, 0.2) is 57.9 Å². The third kappa shape index (κ3) is 5.38. The van der Waals surface area contributed by atoms with Crippen molar-refractivity contribution in [3.8, 4) is 0 Å². The topological polar surface area (TPSA) is 70.9 Å². The van der Waals surface area contributed by atoms with Crippen LogP contribution in [-0.4, -0.2) is 51.4 Å². The Morgan fingerprint density at radius 3 is 2.29 bits per heavy atom. The first-order valence-corrected chi connectivity index (χ1v) is 11.2. The Hall–Kier alpha value is -1.81. The molecule has 9 heteroatoms. The molecule has 1 amide bonds. The van der Waals surface area contributed by atoms with Crippen molar-refractivity contribution in [2.24, 2.45) is 0 Å². The number of nitrogens with one attached hydrogen (secondary N) is 2. The molecule has 0 unspecified atom stereocenters. The van der Waals surface area contributed by atoms with Gasteiger partial charge >= 0.3 is 0 Å². The standard InChI is InChI=1S/C19H21BrFN3O3S/c20-15-1-7-18(8-2-15)28(26,27)24-13-11-23(12-14-24)10-9-19(25)22-17-5-3-16(21)4-6-17/h1-8H,9-14H2,(H,22,25)/p+1. The van der Waals surface area contributed by atoms with Crippen LogP contribution in [0.1, 0.15) is 6.42 Å². The predicted molar refractivity (Wildman–Crippen MR) is 108 cm³/mol. The van der Waals surface area contributed by atoms with Crippen LogP contribution in [0.5, 0.6) is 0 Å². The summed E-state index contributed by atoms with van der Waals surface area (Å²) in [5, 5.41) is 2.74. The summed E-state index contributed by atoms with van der Waals surface area (Å²) in [5.74, 6) is -0.484. The molecular weight excluding hydrogens is 449 g/mol. The number of benzene rings is 2. The maximum Gasteiger partial charge on any atom is 0.243 e. The number of halogens is 2. The molecule has 2 aromatic carbocycles. The van der Waals surface area contributed by atoms with Gasteiger partial charge in [0.1, 0.15) is 5.82 Å². The number of hydrogen-bond donors (Lipinski definition) is 2. The molecule has 2 aromatic rings. The van der Waals surface area contributed by atoms with Gasteiger partial charge in [0.05, 0.1) is 44.0 Å². The summed E-state index contributed by atoms with van der Waals surface area (Å²) in [4.78, 5) is 13.5. The van der Waals surface area contributed by atoms with Crippen molar-refractivity contribution in [1.29, 1.82) is 0 Å². The van der Waals surface area contributed by atoms with Crippen molar-refractivity contribution in [1.82, 2.24) is 4.31 Å². The van der Waals surface area contributed by atoms with Crippen LogP contribution in [0.3, 0.4) is 0 Å². The van der Waals surface area contributed by atoms with Gasteiger partial charge in [-0.2, -0.15) is 4.31 Å². The summed E-state index contributed by atoms with van der Waals surface area (Å²) >= 11 is 3.31. The molecule has 0 radical (unpaired) electrons. The second-order valence-electron chi connectivity index (χ2n) is 6.66. The summed E-state index contributed by atoms with van der Waals surface area (Å²) in [7, 11) is -3.49. The average molecular weight is 471 g/mol. The van der Waals surface area contributed by atoms with Crippen LogP contribution in [-0.2, 0) is 14.8 Å². The van der Waals surface area contributed by atoms with E-state index < -0.39 is 10.0 Å². The summed E-state index contributed by atoms with van der Waals surface area (Å²) in [6, 6.07) is 12.3. The second-order valence-corrected chi connectivity index (χ2v) is 9.52. The molecule has 0 atom stereocenters. The van der Waals surface area contributed by atoms with Gasteiger partial charge in [0.25, 0.3) is 0 Å². The lowest BCUT2D eigenvalue weighted by atomic mass is 10.2. The van der Waals surface area contributed by atoms with Gasteiger partial charge in [0, 0.05) is 10.2 Å². The Balaban J connectivity index is 1.46. The zero-order valence-electron chi connectivity index (χ0n) is 15.2. The highest BCUT2D eigenvalue weighted by molar-refractivity contribution is 9.10. The Bertz CT molecular complexity index is 912. The molecule has 150 valence electrons. The lowest BCUT2D eigenvalue weighted by molar-refractivity contribution is -0.903. The lowest BCUT2D eigenvalue weighted by Crippen LogP contribution is -3.14. The summed E-state index contributed by atoms with van der Waals surface area (Å²) in [6.07, 6.45) is 0.326. The van der Waals surface area contributed by atoms with E-state index in [2.05, 4.69) is 21.2 Å². The SMILES string of the molecule is O=C(CC[NH+]1CCN(S(=O)(=O)c2ccc(Br)cc2)CC1)Nc1ccc(F)cc1. The van der Waals surface area contributed by atoms with Crippen molar-refractivity contribution >= 4 is 37.5 Å². The summed E-state index contributed by atoms with van der Waals surface area (Å²) < 4.78 is 40.6. The van der Waals surface area contributed by atoms with Crippen LogP contribution in [0.2, 0.25) is 0 Å². The molecule has 28 heavy (non-hydrogen) atoms. The number of nitrogens with zero attached hydrogens (tertiary/aromatic N) is 1. The largest absolute Gasteiger partial charge is 0.332 e. The van der Waals surface area contributed by atoms with Gasteiger partial charge in [-0.25, -0.2) is 12.8 Å². The van der Waals surface area contributed by atoms with E-state index in [0.717, 1.165) is 4.47 Å². The van der Waals surface area contributed by atoms with Gasteiger partial charge in [-0.05, 0) is 48.5 Å². The van der Waals surface area contributed by atoms with Crippen LogP contribution in [0.25, 0.3) is 0 Å². The minimum Gasteiger partial charge on any atom is -0.332 e. The van der Waals surface area contributed by atoms with Crippen LogP contribution in [0.4, 0.5) is 10.1 Å². The van der Waals surface area contributed by atoms with E-state index in [9.17, 15) is 17.6 Å². The van der Waals surface area contributed by atoms with Gasteiger partial charge < -0.3 is 10.2 Å². The second kappa shape index (κ2) is 9.13. The van der Waals surface area contributed by atoms with E-state index >= 15 is 0 Å². The molecule has 1 saturated heterocycles. The third-order valence-corrected chi connectivity index (χ3v) is 7.16. The zero-order chi connectivity index (χ0) is 20.1. The van der Waals surface area contributed by atoms with E-state index in [-0.39, 0.29) is 16.6 Å². The Morgan fingerprint density at radius 2 is 1.68 bits per heavy atom. The molecule has 1 aliphatic rings. The molecule has 3 rings (SSSR count). The Kier molecular flexibility index (Phi) is 6.82.